The average molecular weight is 388 g/mol. The summed E-state index contributed by atoms with van der Waals surface area (Å²) in [4.78, 5) is 22.4. The van der Waals surface area contributed by atoms with Gasteiger partial charge in [-0.1, -0.05) is 27.7 Å². The predicted octanol–water partition coefficient (Wildman–Crippen LogP) is 2.63. The van der Waals surface area contributed by atoms with Crippen LogP contribution in [0.15, 0.2) is 0 Å². The van der Waals surface area contributed by atoms with E-state index in [2.05, 4.69) is 0 Å². The van der Waals surface area contributed by atoms with Crippen LogP contribution in [0.5, 0.6) is 0 Å². The molecule has 0 aromatic carbocycles. The molecule has 1 N–H and O–H groups in total. The summed E-state index contributed by atoms with van der Waals surface area (Å²) in [5.74, 6) is -2.95. The second kappa shape index (κ2) is 9.32. The van der Waals surface area contributed by atoms with Gasteiger partial charge in [0.15, 0.2) is 11.6 Å². The summed E-state index contributed by atoms with van der Waals surface area (Å²) in [6.07, 6.45) is 1.13. The van der Waals surface area contributed by atoms with Crippen molar-refractivity contribution in [2.75, 3.05) is 13.2 Å². The molecule has 8 heteroatoms. The molecule has 2 aliphatic heterocycles. The SMILES string of the molecule is CCC1(CC)OC[C@@H]([C@@H]2OC(CC)(CC)O[C@H]2COC(=O)CCC(=O)O)O1. The lowest BCUT2D eigenvalue weighted by Gasteiger charge is -2.28. The quantitative estimate of drug-likeness (QED) is 0.570. The third-order valence-corrected chi connectivity index (χ3v) is 5.43. The van der Waals surface area contributed by atoms with Crippen LogP contribution in [0.4, 0.5) is 0 Å². The van der Waals surface area contributed by atoms with Gasteiger partial charge in [0.1, 0.15) is 24.9 Å². The van der Waals surface area contributed by atoms with Gasteiger partial charge in [0, 0.05) is 0 Å². The van der Waals surface area contributed by atoms with Crippen LogP contribution in [0.2, 0.25) is 0 Å². The Kier molecular flexibility index (Phi) is 7.62. The van der Waals surface area contributed by atoms with Crippen LogP contribution in [-0.2, 0) is 33.3 Å². The van der Waals surface area contributed by atoms with Crippen LogP contribution in [0, 0.1) is 0 Å². The standard InChI is InChI=1S/C19H32O8/c1-5-18(6-2)24-12-14(25-18)17-13(26-19(7-3,8-4)27-17)11-23-16(22)10-9-15(20)21/h13-14,17H,5-12H2,1-4H3,(H,20,21)/t13-,14-,17+/m0/s1. The van der Waals surface area contributed by atoms with Gasteiger partial charge in [0.2, 0.25) is 0 Å². The predicted molar refractivity (Wildman–Crippen MR) is 95.0 cm³/mol. The topological polar surface area (TPSA) is 101 Å². The monoisotopic (exact) mass is 388 g/mol. The minimum atomic E-state index is -1.03. The Bertz CT molecular complexity index is 512. The lowest BCUT2D eigenvalue weighted by atomic mass is 10.1. The van der Waals surface area contributed by atoms with Crippen LogP contribution in [0.1, 0.15) is 66.2 Å². The number of carboxylic acids is 1. The molecule has 0 spiro atoms. The smallest absolute Gasteiger partial charge is 0.306 e. The molecule has 3 atom stereocenters. The Balaban J connectivity index is 2.03. The van der Waals surface area contributed by atoms with Crippen molar-refractivity contribution in [1.29, 1.82) is 0 Å². The molecule has 27 heavy (non-hydrogen) atoms. The van der Waals surface area contributed by atoms with E-state index in [1.54, 1.807) is 0 Å². The van der Waals surface area contributed by atoms with E-state index < -0.39 is 35.7 Å². The van der Waals surface area contributed by atoms with Crippen molar-refractivity contribution in [3.05, 3.63) is 0 Å². The maximum absolute atomic E-state index is 11.8. The zero-order valence-corrected chi connectivity index (χ0v) is 16.7. The molecular weight excluding hydrogens is 356 g/mol. The number of carbonyl (C=O) groups is 2. The summed E-state index contributed by atoms with van der Waals surface area (Å²) in [7, 11) is 0. The normalized spacial score (nSPS) is 29.0. The van der Waals surface area contributed by atoms with Crippen molar-refractivity contribution in [2.24, 2.45) is 0 Å². The Morgan fingerprint density at radius 1 is 0.963 bits per heavy atom. The third-order valence-electron chi connectivity index (χ3n) is 5.43. The highest BCUT2D eigenvalue weighted by atomic mass is 16.8. The molecule has 2 fully saturated rings. The van der Waals surface area contributed by atoms with Gasteiger partial charge in [0.25, 0.3) is 0 Å². The number of carbonyl (C=O) groups excluding carboxylic acids is 1. The van der Waals surface area contributed by atoms with Crippen molar-refractivity contribution >= 4 is 11.9 Å². The van der Waals surface area contributed by atoms with Gasteiger partial charge >= 0.3 is 11.9 Å². The second-order valence-electron chi connectivity index (χ2n) is 7.02. The first-order valence-corrected chi connectivity index (χ1v) is 9.87. The minimum Gasteiger partial charge on any atom is -0.481 e. The molecule has 156 valence electrons. The Morgan fingerprint density at radius 2 is 1.59 bits per heavy atom. The molecule has 2 saturated heterocycles. The van der Waals surface area contributed by atoms with Crippen LogP contribution in [-0.4, -0.2) is 60.1 Å². The molecule has 0 aromatic rings. The lowest BCUT2D eigenvalue weighted by molar-refractivity contribution is -0.204. The van der Waals surface area contributed by atoms with Gasteiger partial charge in [-0.3, -0.25) is 9.59 Å². The van der Waals surface area contributed by atoms with E-state index in [1.165, 1.54) is 0 Å². The van der Waals surface area contributed by atoms with Crippen molar-refractivity contribution in [3.8, 4) is 0 Å². The maximum Gasteiger partial charge on any atom is 0.306 e. The highest BCUT2D eigenvalue weighted by Crippen LogP contribution is 2.40. The number of esters is 1. The van der Waals surface area contributed by atoms with Crippen LogP contribution in [0.25, 0.3) is 0 Å². The zero-order valence-electron chi connectivity index (χ0n) is 16.7. The molecule has 0 bridgehead atoms. The van der Waals surface area contributed by atoms with E-state index in [4.69, 9.17) is 28.8 Å². The van der Waals surface area contributed by atoms with Crippen molar-refractivity contribution < 1.29 is 38.4 Å². The summed E-state index contributed by atoms with van der Waals surface area (Å²) in [6, 6.07) is 0. The van der Waals surface area contributed by atoms with Crippen LogP contribution in [0.3, 0.4) is 0 Å². The highest BCUT2D eigenvalue weighted by Gasteiger charge is 2.53. The number of carboxylic acid groups (broad SMARTS) is 1. The van der Waals surface area contributed by atoms with E-state index in [1.807, 2.05) is 27.7 Å². The van der Waals surface area contributed by atoms with Crippen molar-refractivity contribution in [3.63, 3.8) is 0 Å². The van der Waals surface area contributed by atoms with E-state index in [-0.39, 0.29) is 25.6 Å². The maximum atomic E-state index is 11.8. The van der Waals surface area contributed by atoms with E-state index >= 15 is 0 Å². The number of hydrogen-bond donors (Lipinski definition) is 1. The van der Waals surface area contributed by atoms with Crippen molar-refractivity contribution in [2.45, 2.75) is 96.1 Å². The molecule has 0 amide bonds. The Hall–Kier alpha value is -1.22. The first-order chi connectivity index (χ1) is 12.8. The number of ether oxygens (including phenoxy) is 5. The zero-order chi connectivity index (χ0) is 20.1. The van der Waals surface area contributed by atoms with Gasteiger partial charge in [-0.05, 0) is 25.7 Å². The second-order valence-corrected chi connectivity index (χ2v) is 7.02. The molecule has 2 aliphatic rings. The fourth-order valence-electron chi connectivity index (χ4n) is 3.54. The fraction of sp³-hybridized carbons (Fsp3) is 0.895. The molecular formula is C19H32O8. The van der Waals surface area contributed by atoms with E-state index in [0.717, 1.165) is 12.8 Å². The summed E-state index contributed by atoms with van der Waals surface area (Å²) in [5, 5.41) is 8.67. The van der Waals surface area contributed by atoms with Crippen molar-refractivity contribution in [1.82, 2.24) is 0 Å². The summed E-state index contributed by atoms with van der Waals surface area (Å²) < 4.78 is 29.7. The lowest BCUT2D eigenvalue weighted by Crippen LogP contribution is -2.41. The summed E-state index contributed by atoms with van der Waals surface area (Å²) in [5.41, 5.74) is 0. The van der Waals surface area contributed by atoms with Gasteiger partial charge in [0.05, 0.1) is 19.4 Å². The molecule has 0 aliphatic carbocycles. The fourth-order valence-corrected chi connectivity index (χ4v) is 3.54. The van der Waals surface area contributed by atoms with Crippen LogP contribution >= 0.6 is 0 Å². The van der Waals surface area contributed by atoms with E-state index in [9.17, 15) is 9.59 Å². The molecule has 0 radical (unpaired) electrons. The van der Waals surface area contributed by atoms with Crippen LogP contribution < -0.4 is 0 Å². The van der Waals surface area contributed by atoms with Gasteiger partial charge in [-0.15, -0.1) is 0 Å². The molecule has 2 rings (SSSR count). The summed E-state index contributed by atoms with van der Waals surface area (Å²) in [6.45, 7) is 8.38. The average Bonchev–Trinajstić information content (AvgIpc) is 3.27. The highest BCUT2D eigenvalue weighted by molar-refractivity contribution is 5.76. The minimum absolute atomic E-state index is 0.00399. The molecule has 0 aromatic heterocycles. The third kappa shape index (κ3) is 5.19. The first kappa shape index (κ1) is 22.1. The molecule has 0 saturated carbocycles. The van der Waals surface area contributed by atoms with E-state index in [0.29, 0.717) is 19.4 Å². The van der Waals surface area contributed by atoms with Gasteiger partial charge < -0.3 is 28.8 Å². The molecule has 0 unspecified atom stereocenters. The first-order valence-electron chi connectivity index (χ1n) is 9.87. The van der Waals surface area contributed by atoms with Gasteiger partial charge in [-0.2, -0.15) is 0 Å². The molecule has 2 heterocycles. The largest absolute Gasteiger partial charge is 0.481 e. The van der Waals surface area contributed by atoms with Gasteiger partial charge in [-0.25, -0.2) is 0 Å². The number of rotatable bonds is 10. The summed E-state index contributed by atoms with van der Waals surface area (Å²) >= 11 is 0. The Morgan fingerprint density at radius 3 is 2.11 bits per heavy atom. The number of hydrogen-bond acceptors (Lipinski definition) is 7. The molecule has 8 nitrogen and oxygen atoms in total. The number of aliphatic carboxylic acids is 1. The Labute approximate surface area is 160 Å².